The molecule has 2 saturated heterocycles. The van der Waals surface area contributed by atoms with Crippen molar-refractivity contribution in [3.63, 3.8) is 0 Å². The van der Waals surface area contributed by atoms with E-state index in [-0.39, 0.29) is 44.2 Å². The van der Waals surface area contributed by atoms with Gasteiger partial charge < -0.3 is 47.4 Å². The van der Waals surface area contributed by atoms with Crippen molar-refractivity contribution in [1.29, 1.82) is 0 Å². The molecule has 0 bridgehead atoms. The number of carbonyl (C=O) groups is 7. The fourth-order valence-corrected chi connectivity index (χ4v) is 6.03. The van der Waals surface area contributed by atoms with E-state index in [1.807, 2.05) is 13.8 Å². The fourth-order valence-electron chi connectivity index (χ4n) is 6.03. The van der Waals surface area contributed by atoms with Gasteiger partial charge in [-0.05, 0) is 69.7 Å². The molecule has 0 radical (unpaired) electrons. The van der Waals surface area contributed by atoms with Crippen LogP contribution in [0.1, 0.15) is 85.5 Å². The number of carbonyl (C=O) groups excluding carboxylic acids is 5. The molecule has 2 aliphatic heterocycles. The quantitative estimate of drug-likeness (QED) is 0.0885. The predicted octanol–water partition coefficient (Wildman–Crippen LogP) is -0.859. The predicted molar refractivity (Wildman–Crippen MR) is 170 cm³/mol. The molecular formula is C31H53N7O9. The number of aliphatic carboxylic acids is 2. The molecule has 47 heavy (non-hydrogen) atoms. The van der Waals surface area contributed by atoms with Crippen LogP contribution in [0.4, 0.5) is 0 Å². The average molecular weight is 668 g/mol. The number of hydrogen-bond donors (Lipinski definition) is 7. The highest BCUT2D eigenvalue weighted by Crippen LogP contribution is 2.23. The molecule has 0 spiro atoms. The van der Waals surface area contributed by atoms with Gasteiger partial charge in [-0.3, -0.25) is 28.8 Å². The summed E-state index contributed by atoms with van der Waals surface area (Å²) in [6, 6.07) is -6.56. The van der Waals surface area contributed by atoms with Gasteiger partial charge in [0.2, 0.25) is 29.5 Å². The monoisotopic (exact) mass is 667 g/mol. The molecule has 0 aromatic rings. The Bertz CT molecular complexity index is 1150. The van der Waals surface area contributed by atoms with Gasteiger partial charge in [0.1, 0.15) is 30.2 Å². The molecular weight excluding hydrogens is 614 g/mol. The zero-order valence-corrected chi connectivity index (χ0v) is 27.9. The molecule has 0 aliphatic carbocycles. The topological polar surface area (TPSA) is 255 Å². The van der Waals surface area contributed by atoms with Crippen LogP contribution in [0.2, 0.25) is 0 Å². The molecule has 0 saturated carbocycles. The number of carboxylic acids is 2. The van der Waals surface area contributed by atoms with E-state index in [1.54, 1.807) is 13.8 Å². The fraction of sp³-hybridized carbons (Fsp3) is 0.774. The van der Waals surface area contributed by atoms with Crippen LogP contribution in [-0.2, 0) is 33.6 Å². The molecule has 6 atom stereocenters. The van der Waals surface area contributed by atoms with Crippen molar-refractivity contribution in [2.75, 3.05) is 19.6 Å². The number of amides is 5. The highest BCUT2D eigenvalue weighted by atomic mass is 16.4. The molecule has 266 valence electrons. The van der Waals surface area contributed by atoms with Crippen LogP contribution in [0.25, 0.3) is 0 Å². The third kappa shape index (κ3) is 11.4. The lowest BCUT2D eigenvalue weighted by molar-refractivity contribution is -0.148. The SMILES string of the molecule is CC(C)C[C@H](N)C(=O)N[C@H](C(=O)N1CCC[C@H]1C(=O)N[C@@H](CC(=O)O)C(=O)N1CCC[C@H]1C(=O)N[C@@H](CCCCN)C(=O)O)C(C)C. The second-order valence-electron chi connectivity index (χ2n) is 13.2. The van der Waals surface area contributed by atoms with Crippen LogP contribution in [0.15, 0.2) is 0 Å². The summed E-state index contributed by atoms with van der Waals surface area (Å²) in [6.45, 7) is 8.06. The maximum absolute atomic E-state index is 13.7. The Morgan fingerprint density at radius 3 is 1.79 bits per heavy atom. The van der Waals surface area contributed by atoms with Gasteiger partial charge in [-0.2, -0.15) is 0 Å². The number of nitrogens with two attached hydrogens (primary N) is 2. The van der Waals surface area contributed by atoms with Crippen LogP contribution in [0.5, 0.6) is 0 Å². The van der Waals surface area contributed by atoms with E-state index in [0.717, 1.165) is 0 Å². The standard InChI is InChI=1S/C31H53N7O9/c1-17(2)15-19(33)26(41)36-25(18(3)4)30(45)38-14-8-11-23(38)28(43)35-21(16-24(39)40)29(44)37-13-7-10-22(37)27(42)34-20(31(46)47)9-5-6-12-32/h17-23,25H,5-16,32-33H2,1-4H3,(H,34,42)(H,35,43)(H,36,41)(H,39,40)(H,46,47)/t19-,20-,21-,22-,23-,25-/m0/s1. The van der Waals surface area contributed by atoms with Crippen LogP contribution >= 0.6 is 0 Å². The minimum absolute atomic E-state index is 0.108. The lowest BCUT2D eigenvalue weighted by Gasteiger charge is -2.32. The minimum atomic E-state index is -1.54. The van der Waals surface area contributed by atoms with E-state index in [0.29, 0.717) is 38.6 Å². The molecule has 9 N–H and O–H groups in total. The number of likely N-dealkylation sites (tertiary alicyclic amines) is 2. The third-order valence-corrected chi connectivity index (χ3v) is 8.52. The van der Waals surface area contributed by atoms with Gasteiger partial charge in [-0.15, -0.1) is 0 Å². The molecule has 16 heteroatoms. The van der Waals surface area contributed by atoms with E-state index >= 15 is 0 Å². The summed E-state index contributed by atoms with van der Waals surface area (Å²) in [7, 11) is 0. The van der Waals surface area contributed by atoms with Crippen molar-refractivity contribution < 1.29 is 43.8 Å². The third-order valence-electron chi connectivity index (χ3n) is 8.52. The van der Waals surface area contributed by atoms with E-state index in [2.05, 4.69) is 16.0 Å². The van der Waals surface area contributed by atoms with Crippen molar-refractivity contribution in [3.05, 3.63) is 0 Å². The molecule has 0 aromatic heterocycles. The summed E-state index contributed by atoms with van der Waals surface area (Å²) in [5.74, 6) is -5.93. The highest BCUT2D eigenvalue weighted by Gasteiger charge is 2.43. The van der Waals surface area contributed by atoms with Gasteiger partial charge in [-0.1, -0.05) is 27.7 Å². The zero-order chi connectivity index (χ0) is 35.4. The summed E-state index contributed by atoms with van der Waals surface area (Å²) >= 11 is 0. The van der Waals surface area contributed by atoms with Gasteiger partial charge in [0.25, 0.3) is 0 Å². The molecule has 5 amide bonds. The van der Waals surface area contributed by atoms with E-state index in [4.69, 9.17) is 11.5 Å². The Labute approximate surface area is 275 Å². The second-order valence-corrected chi connectivity index (χ2v) is 13.2. The molecule has 0 aromatic carbocycles. The Balaban J connectivity index is 2.18. The summed E-state index contributed by atoms with van der Waals surface area (Å²) in [4.78, 5) is 92.7. The normalized spacial score (nSPS) is 20.4. The van der Waals surface area contributed by atoms with Crippen LogP contribution in [-0.4, -0.2) is 117 Å². The van der Waals surface area contributed by atoms with Crippen molar-refractivity contribution in [2.45, 2.75) is 122 Å². The van der Waals surface area contributed by atoms with Crippen molar-refractivity contribution >= 4 is 41.5 Å². The smallest absolute Gasteiger partial charge is 0.326 e. The number of hydrogen-bond acceptors (Lipinski definition) is 9. The number of nitrogens with zero attached hydrogens (tertiary/aromatic N) is 2. The Morgan fingerprint density at radius 2 is 1.32 bits per heavy atom. The lowest BCUT2D eigenvalue weighted by atomic mass is 9.99. The zero-order valence-electron chi connectivity index (χ0n) is 27.9. The van der Waals surface area contributed by atoms with E-state index in [1.165, 1.54) is 9.80 Å². The molecule has 0 unspecified atom stereocenters. The Hall–Kier alpha value is -3.79. The van der Waals surface area contributed by atoms with E-state index < -0.39 is 84.1 Å². The first-order valence-electron chi connectivity index (χ1n) is 16.5. The Kier molecular flexibility index (Phi) is 15.5. The molecule has 2 aliphatic rings. The van der Waals surface area contributed by atoms with Crippen molar-refractivity contribution in [2.24, 2.45) is 23.3 Å². The Morgan fingerprint density at radius 1 is 0.787 bits per heavy atom. The maximum Gasteiger partial charge on any atom is 0.326 e. The number of rotatable bonds is 18. The molecule has 2 fully saturated rings. The van der Waals surface area contributed by atoms with Crippen molar-refractivity contribution in [1.82, 2.24) is 25.8 Å². The average Bonchev–Trinajstić information content (AvgIpc) is 3.68. The van der Waals surface area contributed by atoms with Crippen molar-refractivity contribution in [3.8, 4) is 0 Å². The summed E-state index contributed by atoms with van der Waals surface area (Å²) in [5, 5.41) is 26.8. The first kappa shape index (κ1) is 39.4. The number of nitrogens with one attached hydrogen (secondary N) is 3. The van der Waals surface area contributed by atoms with Crippen LogP contribution < -0.4 is 27.4 Å². The first-order chi connectivity index (χ1) is 22.1. The number of unbranched alkanes of at least 4 members (excludes halogenated alkanes) is 1. The largest absolute Gasteiger partial charge is 0.481 e. The minimum Gasteiger partial charge on any atom is -0.481 e. The van der Waals surface area contributed by atoms with Gasteiger partial charge in [-0.25, -0.2) is 4.79 Å². The number of carboxylic acid groups (broad SMARTS) is 2. The van der Waals surface area contributed by atoms with Gasteiger partial charge in [0.05, 0.1) is 12.5 Å². The van der Waals surface area contributed by atoms with Crippen LogP contribution in [0, 0.1) is 11.8 Å². The molecule has 2 heterocycles. The first-order valence-corrected chi connectivity index (χ1v) is 16.5. The summed E-state index contributed by atoms with van der Waals surface area (Å²) < 4.78 is 0. The van der Waals surface area contributed by atoms with Gasteiger partial charge >= 0.3 is 11.9 Å². The summed E-state index contributed by atoms with van der Waals surface area (Å²) in [6.07, 6.45) is 2.23. The highest BCUT2D eigenvalue weighted by molar-refractivity contribution is 5.98. The second kappa shape index (κ2) is 18.5. The summed E-state index contributed by atoms with van der Waals surface area (Å²) in [5.41, 5.74) is 11.5. The molecule has 16 nitrogen and oxygen atoms in total. The maximum atomic E-state index is 13.7. The van der Waals surface area contributed by atoms with Gasteiger partial charge in [0, 0.05) is 13.1 Å². The van der Waals surface area contributed by atoms with E-state index in [9.17, 15) is 43.8 Å². The molecule has 2 rings (SSSR count). The lowest BCUT2D eigenvalue weighted by Crippen LogP contribution is -2.59. The van der Waals surface area contributed by atoms with Crippen LogP contribution in [0.3, 0.4) is 0 Å². The van der Waals surface area contributed by atoms with Gasteiger partial charge in [0.15, 0.2) is 0 Å².